The highest BCUT2D eigenvalue weighted by molar-refractivity contribution is 7.08. The first kappa shape index (κ1) is 28.3. The zero-order valence-corrected chi connectivity index (χ0v) is 15.0. The fourth-order valence-electron chi connectivity index (χ4n) is 1.85. The molecule has 186 valence electrons. The van der Waals surface area contributed by atoms with E-state index in [2.05, 4.69) is 0 Å². The van der Waals surface area contributed by atoms with E-state index in [4.69, 9.17) is 0 Å². The number of alkyl halides is 17. The number of thiophene rings is 1. The smallest absolute Gasteiger partial charge is 0.195 e. The van der Waals surface area contributed by atoms with Crippen LogP contribution in [0.4, 0.5) is 74.6 Å². The lowest BCUT2D eigenvalue weighted by Crippen LogP contribution is -2.74. The molecule has 0 spiro atoms. The lowest BCUT2D eigenvalue weighted by atomic mass is 9.89. The molecule has 0 bridgehead atoms. The molecule has 0 fully saturated rings. The van der Waals surface area contributed by atoms with Crippen molar-refractivity contribution in [2.24, 2.45) is 0 Å². The molecule has 0 unspecified atom stereocenters. The zero-order chi connectivity index (χ0) is 25.8. The second kappa shape index (κ2) is 7.65. The minimum absolute atomic E-state index is 0.0941. The van der Waals surface area contributed by atoms with Gasteiger partial charge in [0.2, 0.25) is 0 Å². The van der Waals surface area contributed by atoms with Gasteiger partial charge in [0.1, 0.15) is 0 Å². The second-order valence-electron chi connectivity index (χ2n) is 5.96. The van der Waals surface area contributed by atoms with Crippen LogP contribution in [0.1, 0.15) is 5.56 Å². The van der Waals surface area contributed by atoms with Crippen molar-refractivity contribution in [1.82, 2.24) is 0 Å². The third-order valence-electron chi connectivity index (χ3n) is 3.77. The molecule has 0 N–H and O–H groups in total. The molecule has 0 amide bonds. The molecule has 0 saturated heterocycles. The first-order chi connectivity index (χ1) is 13.8. The van der Waals surface area contributed by atoms with Crippen molar-refractivity contribution in [3.05, 3.63) is 28.5 Å². The van der Waals surface area contributed by atoms with Gasteiger partial charge in [-0.1, -0.05) is 6.08 Å². The van der Waals surface area contributed by atoms with Crippen LogP contribution in [0.3, 0.4) is 0 Å². The minimum atomic E-state index is -8.61. The van der Waals surface area contributed by atoms with Gasteiger partial charge >= 0.3 is 47.6 Å². The monoisotopic (exact) mass is 528 g/mol. The molecule has 1 aromatic rings. The highest BCUT2D eigenvalue weighted by Gasteiger charge is 2.95. The lowest BCUT2D eigenvalue weighted by Gasteiger charge is -2.42. The van der Waals surface area contributed by atoms with E-state index in [1.807, 2.05) is 0 Å². The Morgan fingerprint density at radius 1 is 0.531 bits per heavy atom. The van der Waals surface area contributed by atoms with Crippen molar-refractivity contribution in [1.29, 1.82) is 0 Å². The van der Waals surface area contributed by atoms with Gasteiger partial charge in [-0.25, -0.2) is 0 Å². The highest BCUT2D eigenvalue weighted by atomic mass is 32.1. The number of halogens is 17. The molecule has 1 aromatic heterocycles. The van der Waals surface area contributed by atoms with E-state index in [1.165, 1.54) is 0 Å². The van der Waals surface area contributed by atoms with Crippen LogP contribution in [-0.2, 0) is 0 Å². The average molecular weight is 528 g/mol. The molecule has 1 heterocycles. The highest BCUT2D eigenvalue weighted by Crippen LogP contribution is 2.64. The van der Waals surface area contributed by atoms with Crippen LogP contribution in [0.25, 0.3) is 6.08 Å². The topological polar surface area (TPSA) is 0 Å². The Morgan fingerprint density at radius 3 is 1.25 bits per heavy atom. The van der Waals surface area contributed by atoms with Crippen LogP contribution in [0.5, 0.6) is 0 Å². The third-order valence-corrected chi connectivity index (χ3v) is 4.48. The van der Waals surface area contributed by atoms with Crippen molar-refractivity contribution in [2.45, 2.75) is 47.6 Å². The van der Waals surface area contributed by atoms with E-state index in [0.717, 1.165) is 28.2 Å². The molecular weight excluding hydrogens is 523 g/mol. The normalized spacial score (nSPS) is 16.2. The van der Waals surface area contributed by atoms with Gasteiger partial charge in [0.15, 0.2) is 0 Å². The standard InChI is InChI=1S/C14H5F17S/c15-7(16,3-1-6-2-4-32-5-6)8(17,18)9(19,20)10(21,22)11(23,24)12(25,26)13(27,28)14(29,30)31/h1-5H/b3-1+. The van der Waals surface area contributed by atoms with Gasteiger partial charge in [-0.05, 0) is 28.5 Å². The van der Waals surface area contributed by atoms with Crippen LogP contribution in [0, 0.1) is 0 Å². The minimum Gasteiger partial charge on any atom is -0.195 e. The Labute approximate surface area is 169 Å². The Morgan fingerprint density at radius 2 is 0.906 bits per heavy atom. The number of hydrogen-bond acceptors (Lipinski definition) is 1. The predicted octanol–water partition coefficient (Wildman–Crippen LogP) is 7.77. The van der Waals surface area contributed by atoms with E-state index in [-0.39, 0.29) is 6.08 Å². The molecule has 0 atom stereocenters. The Kier molecular flexibility index (Phi) is 6.76. The van der Waals surface area contributed by atoms with Gasteiger partial charge in [-0.15, -0.1) is 0 Å². The summed E-state index contributed by atoms with van der Waals surface area (Å²) in [5.41, 5.74) is -0.428. The van der Waals surface area contributed by atoms with Gasteiger partial charge in [0.25, 0.3) is 0 Å². The molecule has 0 aliphatic carbocycles. The van der Waals surface area contributed by atoms with Crippen molar-refractivity contribution in [3.8, 4) is 0 Å². The predicted molar refractivity (Wildman–Crippen MR) is 74.0 cm³/mol. The van der Waals surface area contributed by atoms with Gasteiger partial charge in [0, 0.05) is 0 Å². The first-order valence-electron chi connectivity index (χ1n) is 7.26. The van der Waals surface area contributed by atoms with E-state index >= 15 is 0 Å². The maximum absolute atomic E-state index is 13.5. The largest absolute Gasteiger partial charge is 0.460 e. The number of hydrogen-bond donors (Lipinski definition) is 0. The number of allylic oxidation sites excluding steroid dienone is 1. The molecular formula is C14H5F17S. The summed E-state index contributed by atoms with van der Waals surface area (Å²) in [5, 5.41) is 2.02. The van der Waals surface area contributed by atoms with E-state index in [0.29, 0.717) is 0 Å². The van der Waals surface area contributed by atoms with Crippen LogP contribution < -0.4 is 0 Å². The molecule has 0 radical (unpaired) electrons. The van der Waals surface area contributed by atoms with Crippen molar-refractivity contribution in [2.75, 3.05) is 0 Å². The van der Waals surface area contributed by atoms with Gasteiger partial charge in [-0.3, -0.25) is 0 Å². The summed E-state index contributed by atoms with van der Waals surface area (Å²) in [6.07, 6.45) is -9.07. The second-order valence-corrected chi connectivity index (χ2v) is 6.74. The molecule has 1 rings (SSSR count). The summed E-state index contributed by atoms with van der Waals surface area (Å²) in [7, 11) is 0. The third kappa shape index (κ3) is 3.81. The molecule has 0 saturated carbocycles. The van der Waals surface area contributed by atoms with Crippen molar-refractivity contribution < 1.29 is 74.6 Å². The van der Waals surface area contributed by atoms with Crippen LogP contribution >= 0.6 is 11.3 Å². The summed E-state index contributed by atoms with van der Waals surface area (Å²) in [4.78, 5) is 0. The molecule has 32 heavy (non-hydrogen) atoms. The summed E-state index contributed by atoms with van der Waals surface area (Å²) < 4.78 is 222. The van der Waals surface area contributed by atoms with E-state index in [9.17, 15) is 74.6 Å². The van der Waals surface area contributed by atoms with Crippen molar-refractivity contribution >= 4 is 17.4 Å². The summed E-state index contributed by atoms with van der Waals surface area (Å²) in [6, 6.07) is 0.885. The molecule has 0 aromatic carbocycles. The molecule has 18 heteroatoms. The first-order valence-corrected chi connectivity index (χ1v) is 8.20. The zero-order valence-electron chi connectivity index (χ0n) is 14.2. The van der Waals surface area contributed by atoms with Crippen LogP contribution in [-0.4, -0.2) is 47.6 Å². The number of rotatable bonds is 8. The molecule has 0 nitrogen and oxygen atoms in total. The maximum Gasteiger partial charge on any atom is 0.460 e. The van der Waals surface area contributed by atoms with Crippen molar-refractivity contribution in [3.63, 3.8) is 0 Å². The summed E-state index contributed by atoms with van der Waals surface area (Å²) >= 11 is 0.721. The fraction of sp³-hybridized carbons (Fsp3) is 0.571. The Bertz CT molecular complexity index is 815. The molecule has 0 aliphatic rings. The Balaban J connectivity index is 3.57. The van der Waals surface area contributed by atoms with Gasteiger partial charge in [-0.2, -0.15) is 86.0 Å². The van der Waals surface area contributed by atoms with Gasteiger partial charge in [0.05, 0.1) is 0 Å². The van der Waals surface area contributed by atoms with Crippen LogP contribution in [0.15, 0.2) is 22.9 Å². The maximum atomic E-state index is 13.5. The quantitative estimate of drug-likeness (QED) is 0.303. The van der Waals surface area contributed by atoms with E-state index < -0.39 is 59.3 Å². The van der Waals surface area contributed by atoms with E-state index in [1.54, 1.807) is 0 Å². The fourth-order valence-corrected chi connectivity index (χ4v) is 2.48. The van der Waals surface area contributed by atoms with Crippen LogP contribution in [0.2, 0.25) is 0 Å². The molecule has 0 aliphatic heterocycles. The summed E-state index contributed by atoms with van der Waals surface area (Å²) in [6.45, 7) is 0. The summed E-state index contributed by atoms with van der Waals surface area (Å²) in [5.74, 6) is -56.3. The van der Waals surface area contributed by atoms with Gasteiger partial charge < -0.3 is 0 Å². The lowest BCUT2D eigenvalue weighted by molar-refractivity contribution is -0.459. The average Bonchev–Trinajstić information content (AvgIpc) is 3.11. The SMILES string of the molecule is FC(F)(F)C(F)(F)C(F)(F)C(F)(F)C(F)(F)C(F)(F)C(F)(F)C(F)(F)/C=C/c1ccsc1. The Hall–Kier alpha value is -1.75.